The smallest absolute Gasteiger partial charge is 0.266 e. The lowest BCUT2D eigenvalue weighted by Gasteiger charge is -2.14. The highest BCUT2D eigenvalue weighted by atomic mass is 127. The number of rotatable bonds is 7. The number of hydrogen-bond acceptors (Lipinski definition) is 4. The molecule has 3 aromatic carbocycles. The highest BCUT2D eigenvalue weighted by Gasteiger charge is 2.15. The molecular weight excluding hydrogens is 551 g/mol. The molecular formula is C26H22ClIN2O3. The van der Waals surface area contributed by atoms with Crippen molar-refractivity contribution in [2.45, 2.75) is 20.5 Å². The number of aryl methyl sites for hydroxylation is 2. The Morgan fingerprint density at radius 3 is 2.52 bits per heavy atom. The number of methoxy groups -OCH3 is 1. The van der Waals surface area contributed by atoms with Crippen LogP contribution in [0.1, 0.15) is 22.3 Å². The van der Waals surface area contributed by atoms with Crippen LogP contribution < -0.4 is 14.8 Å². The second-order valence-electron chi connectivity index (χ2n) is 7.39. The zero-order valence-electron chi connectivity index (χ0n) is 18.4. The van der Waals surface area contributed by atoms with Crippen LogP contribution in [0.5, 0.6) is 11.5 Å². The van der Waals surface area contributed by atoms with Gasteiger partial charge in [0.2, 0.25) is 0 Å². The third kappa shape index (κ3) is 6.50. The molecule has 0 aliphatic carbocycles. The molecule has 3 rings (SSSR count). The van der Waals surface area contributed by atoms with E-state index in [2.05, 4.69) is 27.9 Å². The van der Waals surface area contributed by atoms with Crippen LogP contribution in [-0.2, 0) is 11.4 Å². The Morgan fingerprint density at radius 2 is 1.88 bits per heavy atom. The van der Waals surface area contributed by atoms with E-state index >= 15 is 0 Å². The van der Waals surface area contributed by atoms with Crippen molar-refractivity contribution in [3.63, 3.8) is 0 Å². The molecule has 3 aromatic rings. The number of hydrogen-bond donors (Lipinski definition) is 1. The van der Waals surface area contributed by atoms with E-state index in [-0.39, 0.29) is 5.57 Å². The lowest BCUT2D eigenvalue weighted by atomic mass is 10.1. The molecule has 0 aliphatic rings. The van der Waals surface area contributed by atoms with E-state index in [4.69, 9.17) is 21.1 Å². The summed E-state index contributed by atoms with van der Waals surface area (Å²) in [6.45, 7) is 4.24. The Morgan fingerprint density at radius 1 is 1.15 bits per heavy atom. The number of anilines is 1. The number of ether oxygens (including phenoxy) is 2. The van der Waals surface area contributed by atoms with E-state index in [0.29, 0.717) is 34.4 Å². The van der Waals surface area contributed by atoms with Crippen molar-refractivity contribution < 1.29 is 14.3 Å². The predicted molar refractivity (Wildman–Crippen MR) is 140 cm³/mol. The van der Waals surface area contributed by atoms with Crippen molar-refractivity contribution in [2.24, 2.45) is 0 Å². The largest absolute Gasteiger partial charge is 0.493 e. The summed E-state index contributed by atoms with van der Waals surface area (Å²) in [5.41, 5.74) is 4.31. The molecule has 0 heterocycles. The molecule has 0 aliphatic heterocycles. The van der Waals surface area contributed by atoms with Gasteiger partial charge in [-0.05, 0) is 89.5 Å². The minimum atomic E-state index is -0.471. The number of nitrogens with one attached hydrogen (secondary N) is 1. The molecule has 0 fully saturated rings. The van der Waals surface area contributed by atoms with Gasteiger partial charge in [-0.3, -0.25) is 4.79 Å². The number of carbonyl (C=O) groups is 1. The molecule has 0 unspecified atom stereocenters. The molecule has 0 bridgehead atoms. The van der Waals surface area contributed by atoms with Crippen LogP contribution >= 0.6 is 34.2 Å². The molecule has 0 saturated heterocycles. The summed E-state index contributed by atoms with van der Waals surface area (Å²) in [6, 6.07) is 18.7. The fourth-order valence-corrected chi connectivity index (χ4v) is 4.07. The highest BCUT2D eigenvalue weighted by molar-refractivity contribution is 14.1. The molecule has 0 spiro atoms. The van der Waals surface area contributed by atoms with Crippen molar-refractivity contribution in [1.82, 2.24) is 0 Å². The van der Waals surface area contributed by atoms with E-state index in [1.807, 2.05) is 68.4 Å². The monoisotopic (exact) mass is 572 g/mol. The molecule has 1 amide bonds. The Labute approximate surface area is 212 Å². The summed E-state index contributed by atoms with van der Waals surface area (Å²) >= 11 is 8.08. The number of halogens is 2. The van der Waals surface area contributed by atoms with Gasteiger partial charge >= 0.3 is 0 Å². The van der Waals surface area contributed by atoms with E-state index in [0.717, 1.165) is 20.3 Å². The first-order chi connectivity index (χ1) is 15.8. The molecule has 0 atom stereocenters. The third-order valence-electron chi connectivity index (χ3n) is 4.85. The van der Waals surface area contributed by atoms with Crippen LogP contribution in [0, 0.1) is 28.7 Å². The molecule has 33 heavy (non-hydrogen) atoms. The Balaban J connectivity index is 1.82. The lowest BCUT2D eigenvalue weighted by molar-refractivity contribution is -0.112. The van der Waals surface area contributed by atoms with Crippen LogP contribution in [0.2, 0.25) is 5.02 Å². The SMILES string of the molecule is COc1cc(/C=C(/C#N)C(=O)Nc2ccc(C)cc2C)cc(I)c1OCc1ccc(Cl)cc1. The quantitative estimate of drug-likeness (QED) is 0.194. The highest BCUT2D eigenvalue weighted by Crippen LogP contribution is 2.35. The minimum absolute atomic E-state index is 0.0114. The van der Waals surface area contributed by atoms with E-state index in [9.17, 15) is 10.1 Å². The molecule has 7 heteroatoms. The second kappa shape index (κ2) is 11.2. The lowest BCUT2D eigenvalue weighted by Crippen LogP contribution is -2.14. The average molecular weight is 573 g/mol. The molecule has 168 valence electrons. The maximum atomic E-state index is 12.7. The number of amides is 1. The van der Waals surface area contributed by atoms with Gasteiger partial charge in [0.1, 0.15) is 18.2 Å². The van der Waals surface area contributed by atoms with Gasteiger partial charge in [-0.15, -0.1) is 0 Å². The number of nitrogens with zero attached hydrogens (tertiary/aromatic N) is 1. The number of nitriles is 1. The maximum Gasteiger partial charge on any atom is 0.266 e. The minimum Gasteiger partial charge on any atom is -0.493 e. The zero-order chi connectivity index (χ0) is 24.0. The maximum absolute atomic E-state index is 12.7. The van der Waals surface area contributed by atoms with Crippen molar-refractivity contribution in [2.75, 3.05) is 12.4 Å². The van der Waals surface area contributed by atoms with Crippen LogP contribution in [0.25, 0.3) is 6.08 Å². The molecule has 1 N–H and O–H groups in total. The Hall–Kier alpha value is -3.02. The van der Waals surface area contributed by atoms with Gasteiger partial charge in [0, 0.05) is 10.7 Å². The van der Waals surface area contributed by atoms with Crippen molar-refractivity contribution in [3.05, 3.63) is 91.0 Å². The third-order valence-corrected chi connectivity index (χ3v) is 5.91. The van der Waals surface area contributed by atoms with Crippen LogP contribution in [0.4, 0.5) is 5.69 Å². The molecule has 0 aromatic heterocycles. The Bertz CT molecular complexity index is 1250. The van der Waals surface area contributed by atoms with Gasteiger partial charge < -0.3 is 14.8 Å². The van der Waals surface area contributed by atoms with Crippen LogP contribution in [-0.4, -0.2) is 13.0 Å². The van der Waals surface area contributed by atoms with Gasteiger partial charge in [0.05, 0.1) is 10.7 Å². The summed E-state index contributed by atoms with van der Waals surface area (Å²) in [7, 11) is 1.55. The van der Waals surface area contributed by atoms with Gasteiger partial charge in [0.15, 0.2) is 11.5 Å². The molecule has 0 radical (unpaired) electrons. The number of benzene rings is 3. The van der Waals surface area contributed by atoms with Gasteiger partial charge in [-0.25, -0.2) is 0 Å². The zero-order valence-corrected chi connectivity index (χ0v) is 21.3. The van der Waals surface area contributed by atoms with Crippen molar-refractivity contribution in [1.29, 1.82) is 5.26 Å². The van der Waals surface area contributed by atoms with E-state index in [1.165, 1.54) is 6.08 Å². The van der Waals surface area contributed by atoms with Gasteiger partial charge in [-0.1, -0.05) is 41.4 Å². The first-order valence-electron chi connectivity index (χ1n) is 10.1. The summed E-state index contributed by atoms with van der Waals surface area (Å²) < 4.78 is 12.3. The summed E-state index contributed by atoms with van der Waals surface area (Å²) in [5, 5.41) is 13.1. The normalized spacial score (nSPS) is 11.0. The van der Waals surface area contributed by atoms with Crippen molar-refractivity contribution in [3.8, 4) is 17.6 Å². The van der Waals surface area contributed by atoms with E-state index < -0.39 is 5.91 Å². The fourth-order valence-electron chi connectivity index (χ4n) is 3.16. The number of carbonyl (C=O) groups excluding carboxylic acids is 1. The Kier molecular flexibility index (Phi) is 8.37. The summed E-state index contributed by atoms with van der Waals surface area (Å²) in [4.78, 5) is 12.7. The topological polar surface area (TPSA) is 71.3 Å². The molecule has 5 nitrogen and oxygen atoms in total. The first-order valence-corrected chi connectivity index (χ1v) is 11.5. The van der Waals surface area contributed by atoms with Gasteiger partial charge in [0.25, 0.3) is 5.91 Å². The summed E-state index contributed by atoms with van der Waals surface area (Å²) in [5.74, 6) is 0.624. The van der Waals surface area contributed by atoms with Gasteiger partial charge in [-0.2, -0.15) is 5.26 Å². The second-order valence-corrected chi connectivity index (χ2v) is 8.99. The average Bonchev–Trinajstić information content (AvgIpc) is 2.79. The first kappa shape index (κ1) is 24.6. The fraction of sp³-hybridized carbons (Fsp3) is 0.154. The predicted octanol–water partition coefficient (Wildman–Crippen LogP) is 6.69. The van der Waals surface area contributed by atoms with Crippen LogP contribution in [0.3, 0.4) is 0 Å². The standard InChI is InChI=1S/C26H22ClIN2O3/c1-16-4-9-23(17(2)10-16)30-26(31)20(14-29)11-19-12-22(28)25(24(13-19)32-3)33-15-18-5-7-21(27)8-6-18/h4-13H,15H2,1-3H3,(H,30,31)/b20-11-. The van der Waals surface area contributed by atoms with Crippen molar-refractivity contribution >= 4 is 51.9 Å². The van der Waals surface area contributed by atoms with E-state index in [1.54, 1.807) is 13.2 Å². The van der Waals surface area contributed by atoms with Crippen LogP contribution in [0.15, 0.2) is 60.2 Å². The summed E-state index contributed by atoms with van der Waals surface area (Å²) in [6.07, 6.45) is 1.53. The molecule has 0 saturated carbocycles.